The van der Waals surface area contributed by atoms with E-state index in [1.165, 1.54) is 25.3 Å². The Hall–Kier alpha value is -3.13. The summed E-state index contributed by atoms with van der Waals surface area (Å²) in [6, 6.07) is 10.7. The van der Waals surface area contributed by atoms with Crippen LogP contribution >= 0.6 is 0 Å². The summed E-state index contributed by atoms with van der Waals surface area (Å²) in [7, 11) is 1.55. The fraction of sp³-hybridized carbons (Fsp3) is 0.548. The van der Waals surface area contributed by atoms with Crippen LogP contribution in [-0.2, 0) is 20.7 Å². The van der Waals surface area contributed by atoms with Crippen molar-refractivity contribution in [2.45, 2.75) is 77.7 Å². The van der Waals surface area contributed by atoms with Crippen LogP contribution < -0.4 is 15.0 Å². The molecule has 0 bridgehead atoms. The van der Waals surface area contributed by atoms with Crippen molar-refractivity contribution in [1.29, 1.82) is 0 Å². The van der Waals surface area contributed by atoms with Crippen molar-refractivity contribution in [3.63, 3.8) is 0 Å². The average Bonchev–Trinajstić information content (AvgIpc) is 2.89. The number of amides is 1. The number of hydrogen-bond acceptors (Lipinski definition) is 5. The maximum absolute atomic E-state index is 14.7. The summed E-state index contributed by atoms with van der Waals surface area (Å²) in [4.78, 5) is 27.2. The Bertz CT molecular complexity index is 1100. The SMILES string of the molecule is CCOc1ccc(CC(=O)Nc2cc(C(COC)CC(=O)O)ccc2N(CC(C)C)C2CCCCC2)c(F)c1. The fourth-order valence-electron chi connectivity index (χ4n) is 5.37. The van der Waals surface area contributed by atoms with E-state index >= 15 is 0 Å². The third kappa shape index (κ3) is 8.95. The first-order chi connectivity index (χ1) is 18.7. The number of benzene rings is 2. The second-order valence-electron chi connectivity index (χ2n) is 10.8. The molecule has 1 aliphatic rings. The van der Waals surface area contributed by atoms with Crippen molar-refractivity contribution in [2.75, 3.05) is 37.1 Å². The van der Waals surface area contributed by atoms with Gasteiger partial charge in [0.25, 0.3) is 0 Å². The monoisotopic (exact) mass is 542 g/mol. The number of carboxylic acid groups (broad SMARTS) is 1. The molecule has 0 radical (unpaired) electrons. The molecule has 8 heteroatoms. The van der Waals surface area contributed by atoms with Crippen molar-refractivity contribution in [1.82, 2.24) is 0 Å². The van der Waals surface area contributed by atoms with Gasteiger partial charge in [-0.05, 0) is 55.0 Å². The van der Waals surface area contributed by atoms with Crippen LogP contribution in [0.15, 0.2) is 36.4 Å². The van der Waals surface area contributed by atoms with Gasteiger partial charge in [-0.15, -0.1) is 0 Å². The van der Waals surface area contributed by atoms with E-state index < -0.39 is 11.8 Å². The van der Waals surface area contributed by atoms with Gasteiger partial charge < -0.3 is 24.8 Å². The number of nitrogens with one attached hydrogen (secondary N) is 1. The third-order valence-corrected chi connectivity index (χ3v) is 7.13. The highest BCUT2D eigenvalue weighted by Gasteiger charge is 2.26. The molecule has 1 saturated carbocycles. The Labute approximate surface area is 231 Å². The summed E-state index contributed by atoms with van der Waals surface area (Å²) >= 11 is 0. The predicted octanol–water partition coefficient (Wildman–Crippen LogP) is 6.41. The average molecular weight is 543 g/mol. The second kappa shape index (κ2) is 14.9. The van der Waals surface area contributed by atoms with Crippen LogP contribution in [0.5, 0.6) is 5.75 Å². The van der Waals surface area contributed by atoms with E-state index in [2.05, 4.69) is 24.1 Å². The molecule has 0 spiro atoms. The van der Waals surface area contributed by atoms with E-state index in [1.807, 2.05) is 25.1 Å². The maximum Gasteiger partial charge on any atom is 0.304 e. The highest BCUT2D eigenvalue weighted by molar-refractivity contribution is 5.96. The molecule has 0 heterocycles. The number of aliphatic carboxylic acids is 1. The molecule has 0 aliphatic heterocycles. The largest absolute Gasteiger partial charge is 0.494 e. The highest BCUT2D eigenvalue weighted by Crippen LogP contribution is 2.36. The van der Waals surface area contributed by atoms with E-state index in [4.69, 9.17) is 9.47 Å². The molecule has 1 amide bonds. The standard InChI is InChI=1S/C31H43FN2O5/c1-5-39-26-13-11-23(27(32)18-26)16-30(35)33-28-15-22(24(20-38-4)17-31(36)37)12-14-29(28)34(19-21(2)3)25-9-7-6-8-10-25/h11-15,18,21,24-25H,5-10,16-17,19-20H2,1-4H3,(H,33,35)(H,36,37). The molecule has 0 aromatic heterocycles. The van der Waals surface area contributed by atoms with Gasteiger partial charge in [-0.1, -0.05) is 45.2 Å². The van der Waals surface area contributed by atoms with Crippen molar-refractivity contribution in [2.24, 2.45) is 5.92 Å². The zero-order chi connectivity index (χ0) is 28.4. The third-order valence-electron chi connectivity index (χ3n) is 7.13. The molecule has 2 aromatic rings. The topological polar surface area (TPSA) is 88.1 Å². The molecule has 0 saturated heterocycles. The van der Waals surface area contributed by atoms with Crippen LogP contribution in [0, 0.1) is 11.7 Å². The summed E-state index contributed by atoms with van der Waals surface area (Å²) in [6.45, 7) is 7.69. The van der Waals surface area contributed by atoms with E-state index in [0.717, 1.165) is 30.6 Å². The summed E-state index contributed by atoms with van der Waals surface area (Å²) in [5, 5.41) is 12.5. The molecule has 2 aromatic carbocycles. The zero-order valence-electron chi connectivity index (χ0n) is 23.7. The summed E-state index contributed by atoms with van der Waals surface area (Å²) < 4.78 is 25.4. The van der Waals surface area contributed by atoms with Crippen LogP contribution in [0.25, 0.3) is 0 Å². The number of ether oxygens (including phenoxy) is 2. The molecule has 1 atom stereocenters. The van der Waals surface area contributed by atoms with E-state index in [9.17, 15) is 19.1 Å². The predicted molar refractivity (Wildman–Crippen MR) is 152 cm³/mol. The minimum Gasteiger partial charge on any atom is -0.494 e. The number of rotatable bonds is 14. The number of carbonyl (C=O) groups excluding carboxylic acids is 1. The van der Waals surface area contributed by atoms with E-state index in [-0.39, 0.29) is 36.8 Å². The smallest absolute Gasteiger partial charge is 0.304 e. The quantitative estimate of drug-likeness (QED) is 0.287. The Morgan fingerprint density at radius 1 is 1.13 bits per heavy atom. The highest BCUT2D eigenvalue weighted by atomic mass is 19.1. The Balaban J connectivity index is 1.96. The fourth-order valence-corrected chi connectivity index (χ4v) is 5.37. The summed E-state index contributed by atoms with van der Waals surface area (Å²) in [5.74, 6) is -1.29. The van der Waals surface area contributed by atoms with Gasteiger partial charge >= 0.3 is 5.97 Å². The summed E-state index contributed by atoms with van der Waals surface area (Å²) in [6.07, 6.45) is 5.53. The molecule has 2 N–H and O–H groups in total. The molecular formula is C31H43FN2O5. The van der Waals surface area contributed by atoms with Crippen molar-refractivity contribution in [3.05, 3.63) is 53.3 Å². The van der Waals surface area contributed by atoms with Crippen LogP contribution in [0.2, 0.25) is 0 Å². The minimum atomic E-state index is -0.915. The first-order valence-corrected chi connectivity index (χ1v) is 14.0. The van der Waals surface area contributed by atoms with Gasteiger partial charge in [0, 0.05) is 31.7 Å². The van der Waals surface area contributed by atoms with Crippen molar-refractivity contribution in [3.8, 4) is 5.75 Å². The lowest BCUT2D eigenvalue weighted by Crippen LogP contribution is -2.40. The van der Waals surface area contributed by atoms with Crippen molar-refractivity contribution < 1.29 is 28.6 Å². The molecular weight excluding hydrogens is 499 g/mol. The number of anilines is 2. The van der Waals surface area contributed by atoms with Crippen LogP contribution in [0.4, 0.5) is 15.8 Å². The normalized spacial score (nSPS) is 14.7. The van der Waals surface area contributed by atoms with Crippen LogP contribution in [-0.4, -0.2) is 49.9 Å². The molecule has 1 aliphatic carbocycles. The number of halogens is 1. The van der Waals surface area contributed by atoms with Gasteiger partial charge in [0.15, 0.2) is 0 Å². The first-order valence-electron chi connectivity index (χ1n) is 14.0. The molecule has 39 heavy (non-hydrogen) atoms. The van der Waals surface area contributed by atoms with Crippen LogP contribution in [0.3, 0.4) is 0 Å². The number of methoxy groups -OCH3 is 1. The van der Waals surface area contributed by atoms with Gasteiger partial charge in [0.2, 0.25) is 5.91 Å². The second-order valence-corrected chi connectivity index (χ2v) is 10.8. The van der Waals surface area contributed by atoms with Crippen LogP contribution in [0.1, 0.15) is 76.3 Å². The molecule has 214 valence electrons. The number of hydrogen-bond donors (Lipinski definition) is 2. The molecule has 7 nitrogen and oxygen atoms in total. The molecule has 1 fully saturated rings. The number of carbonyl (C=O) groups is 2. The zero-order valence-corrected chi connectivity index (χ0v) is 23.7. The lowest BCUT2D eigenvalue weighted by atomic mass is 9.91. The molecule has 3 rings (SSSR count). The van der Waals surface area contributed by atoms with Gasteiger partial charge in [-0.25, -0.2) is 4.39 Å². The Morgan fingerprint density at radius 2 is 1.87 bits per heavy atom. The minimum absolute atomic E-state index is 0.0870. The number of nitrogens with zero attached hydrogens (tertiary/aromatic N) is 1. The maximum atomic E-state index is 14.7. The molecule has 1 unspecified atom stereocenters. The van der Waals surface area contributed by atoms with E-state index in [0.29, 0.717) is 30.0 Å². The first kappa shape index (κ1) is 30.4. The lowest BCUT2D eigenvalue weighted by molar-refractivity contribution is -0.137. The summed E-state index contributed by atoms with van der Waals surface area (Å²) in [5.41, 5.74) is 2.58. The van der Waals surface area contributed by atoms with Gasteiger partial charge in [-0.2, -0.15) is 0 Å². The Kier molecular flexibility index (Phi) is 11.6. The van der Waals surface area contributed by atoms with Gasteiger partial charge in [0.1, 0.15) is 11.6 Å². The van der Waals surface area contributed by atoms with E-state index in [1.54, 1.807) is 19.2 Å². The van der Waals surface area contributed by atoms with Crippen molar-refractivity contribution >= 4 is 23.3 Å². The van der Waals surface area contributed by atoms with Gasteiger partial charge in [0.05, 0.1) is 37.4 Å². The Morgan fingerprint density at radius 3 is 2.49 bits per heavy atom. The number of carboxylic acids is 1. The van der Waals surface area contributed by atoms with Gasteiger partial charge in [-0.3, -0.25) is 9.59 Å². The lowest BCUT2D eigenvalue weighted by Gasteiger charge is -2.38.